The number of rotatable bonds is 4. The van der Waals surface area contributed by atoms with Crippen molar-refractivity contribution in [2.75, 3.05) is 19.4 Å². The maximum atomic E-state index is 12.7. The first-order valence-corrected chi connectivity index (χ1v) is 6.21. The Morgan fingerprint density at radius 1 is 1.30 bits per heavy atom. The fourth-order valence-electron chi connectivity index (χ4n) is 1.83. The summed E-state index contributed by atoms with van der Waals surface area (Å²) in [6.45, 7) is 0.793. The lowest BCUT2D eigenvalue weighted by Gasteiger charge is -2.11. The Hall–Kier alpha value is -2.27. The van der Waals surface area contributed by atoms with Crippen LogP contribution in [0.3, 0.4) is 0 Å². The number of pyridine rings is 1. The molecule has 0 aliphatic carbocycles. The first-order valence-electron chi connectivity index (χ1n) is 6.21. The predicted octanol–water partition coefficient (Wildman–Crippen LogP) is 2.53. The molecule has 0 spiro atoms. The number of halogens is 1. The third-order valence-corrected chi connectivity index (χ3v) is 2.67. The van der Waals surface area contributed by atoms with Crippen molar-refractivity contribution in [1.29, 1.82) is 0 Å². The van der Waals surface area contributed by atoms with Crippen LogP contribution in [0.2, 0.25) is 0 Å². The minimum Gasteiger partial charge on any atom is -0.322 e. The third kappa shape index (κ3) is 3.86. The highest BCUT2D eigenvalue weighted by molar-refractivity contribution is 6.04. The zero-order chi connectivity index (χ0) is 14.5. The molecule has 4 nitrogen and oxygen atoms in total. The van der Waals surface area contributed by atoms with Gasteiger partial charge in [-0.2, -0.15) is 4.39 Å². The Labute approximate surface area is 117 Å². The molecule has 104 valence electrons. The van der Waals surface area contributed by atoms with Crippen LogP contribution < -0.4 is 5.32 Å². The van der Waals surface area contributed by atoms with Crippen LogP contribution in [0.15, 0.2) is 42.6 Å². The maximum absolute atomic E-state index is 12.7. The van der Waals surface area contributed by atoms with Gasteiger partial charge in [0.2, 0.25) is 5.95 Å². The van der Waals surface area contributed by atoms with Gasteiger partial charge in [-0.3, -0.25) is 4.79 Å². The van der Waals surface area contributed by atoms with Gasteiger partial charge < -0.3 is 10.2 Å². The number of hydrogen-bond acceptors (Lipinski definition) is 3. The summed E-state index contributed by atoms with van der Waals surface area (Å²) in [6, 6.07) is 10.2. The molecule has 20 heavy (non-hydrogen) atoms. The molecule has 0 saturated heterocycles. The van der Waals surface area contributed by atoms with Crippen molar-refractivity contribution in [2.24, 2.45) is 0 Å². The highest BCUT2D eigenvalue weighted by atomic mass is 19.1. The largest absolute Gasteiger partial charge is 0.322 e. The quantitative estimate of drug-likeness (QED) is 0.871. The molecule has 2 aromatic rings. The zero-order valence-corrected chi connectivity index (χ0v) is 11.4. The van der Waals surface area contributed by atoms with Crippen LogP contribution in [-0.2, 0) is 6.54 Å². The molecule has 0 aliphatic rings. The summed E-state index contributed by atoms with van der Waals surface area (Å²) in [5.74, 6) is -0.908. The summed E-state index contributed by atoms with van der Waals surface area (Å²) in [6.07, 6.45) is 1.22. The second-order valence-corrected chi connectivity index (χ2v) is 4.76. The van der Waals surface area contributed by atoms with Gasteiger partial charge in [0.25, 0.3) is 5.91 Å². The molecule has 1 aromatic carbocycles. The molecule has 1 aromatic heterocycles. The van der Waals surface area contributed by atoms with E-state index in [9.17, 15) is 9.18 Å². The van der Waals surface area contributed by atoms with E-state index in [-0.39, 0.29) is 5.91 Å². The molecule has 0 aliphatic heterocycles. The Kier molecular flexibility index (Phi) is 4.42. The van der Waals surface area contributed by atoms with Crippen LogP contribution in [0.5, 0.6) is 0 Å². The van der Waals surface area contributed by atoms with E-state index in [1.165, 1.54) is 12.3 Å². The monoisotopic (exact) mass is 273 g/mol. The van der Waals surface area contributed by atoms with Crippen molar-refractivity contribution < 1.29 is 9.18 Å². The number of amides is 1. The van der Waals surface area contributed by atoms with E-state index >= 15 is 0 Å². The average molecular weight is 273 g/mol. The summed E-state index contributed by atoms with van der Waals surface area (Å²) < 4.78 is 12.7. The van der Waals surface area contributed by atoms with Gasteiger partial charge in [0.05, 0.1) is 5.56 Å². The lowest BCUT2D eigenvalue weighted by Crippen LogP contribution is -2.14. The minimum absolute atomic E-state index is 0.306. The van der Waals surface area contributed by atoms with Crippen LogP contribution in [0.4, 0.5) is 10.1 Å². The van der Waals surface area contributed by atoms with Gasteiger partial charge in [-0.15, -0.1) is 0 Å². The van der Waals surface area contributed by atoms with Crippen molar-refractivity contribution >= 4 is 11.6 Å². The smallest absolute Gasteiger partial charge is 0.257 e. The first kappa shape index (κ1) is 14.1. The molecular formula is C15H16FN3O. The molecule has 0 radical (unpaired) electrons. The number of carbonyl (C=O) groups is 1. The Morgan fingerprint density at radius 2 is 2.10 bits per heavy atom. The molecule has 1 amide bonds. The fraction of sp³-hybridized carbons (Fsp3) is 0.200. The lowest BCUT2D eigenvalue weighted by atomic mass is 10.2. The Balaban J connectivity index is 2.09. The molecule has 1 N–H and O–H groups in total. The molecule has 2 rings (SSSR count). The molecule has 0 unspecified atom stereocenters. The number of nitrogens with zero attached hydrogens (tertiary/aromatic N) is 2. The van der Waals surface area contributed by atoms with Gasteiger partial charge in [-0.05, 0) is 43.9 Å². The summed E-state index contributed by atoms with van der Waals surface area (Å²) >= 11 is 0. The van der Waals surface area contributed by atoms with Crippen molar-refractivity contribution in [3.05, 3.63) is 59.7 Å². The van der Waals surface area contributed by atoms with E-state index in [2.05, 4.69) is 10.3 Å². The van der Waals surface area contributed by atoms with E-state index in [4.69, 9.17) is 0 Å². The van der Waals surface area contributed by atoms with Crippen molar-refractivity contribution in [3.8, 4) is 0 Å². The number of anilines is 1. The summed E-state index contributed by atoms with van der Waals surface area (Å²) in [4.78, 5) is 17.5. The van der Waals surface area contributed by atoms with E-state index in [0.717, 1.165) is 18.2 Å². The second kappa shape index (κ2) is 6.25. The van der Waals surface area contributed by atoms with Crippen molar-refractivity contribution in [1.82, 2.24) is 9.88 Å². The summed E-state index contributed by atoms with van der Waals surface area (Å²) in [7, 11) is 3.96. The van der Waals surface area contributed by atoms with Crippen LogP contribution in [0.1, 0.15) is 15.9 Å². The van der Waals surface area contributed by atoms with Gasteiger partial charge >= 0.3 is 0 Å². The number of benzene rings is 1. The maximum Gasteiger partial charge on any atom is 0.257 e. The third-order valence-electron chi connectivity index (χ3n) is 2.67. The molecule has 0 fully saturated rings. The fourth-order valence-corrected chi connectivity index (χ4v) is 1.83. The van der Waals surface area contributed by atoms with Crippen LogP contribution in [-0.4, -0.2) is 29.9 Å². The van der Waals surface area contributed by atoms with Crippen molar-refractivity contribution in [3.63, 3.8) is 0 Å². The highest BCUT2D eigenvalue weighted by Crippen LogP contribution is 2.13. The second-order valence-electron chi connectivity index (χ2n) is 4.76. The number of hydrogen-bond donors (Lipinski definition) is 1. The van der Waals surface area contributed by atoms with Gasteiger partial charge in [0.1, 0.15) is 0 Å². The standard InChI is InChI=1S/C15H16FN3O/c1-19(2)10-11-4-3-5-13(8-11)18-15(20)12-6-7-14(16)17-9-12/h3-9H,10H2,1-2H3,(H,18,20). The van der Waals surface area contributed by atoms with Gasteiger partial charge in [0, 0.05) is 18.4 Å². The topological polar surface area (TPSA) is 45.2 Å². The van der Waals surface area contributed by atoms with E-state index in [0.29, 0.717) is 11.3 Å². The SMILES string of the molecule is CN(C)Cc1cccc(NC(=O)c2ccc(F)nc2)c1. The van der Waals surface area contributed by atoms with E-state index in [1.807, 2.05) is 43.3 Å². The number of aromatic nitrogens is 1. The normalized spacial score (nSPS) is 10.6. The minimum atomic E-state index is -0.602. The van der Waals surface area contributed by atoms with Crippen LogP contribution >= 0.6 is 0 Å². The molecule has 0 bridgehead atoms. The lowest BCUT2D eigenvalue weighted by molar-refractivity contribution is 0.102. The van der Waals surface area contributed by atoms with E-state index in [1.54, 1.807) is 0 Å². The zero-order valence-electron chi connectivity index (χ0n) is 11.4. The van der Waals surface area contributed by atoms with E-state index < -0.39 is 5.95 Å². The molecule has 5 heteroatoms. The average Bonchev–Trinajstić information content (AvgIpc) is 2.39. The Morgan fingerprint density at radius 3 is 2.75 bits per heavy atom. The number of nitrogens with one attached hydrogen (secondary N) is 1. The number of carbonyl (C=O) groups excluding carboxylic acids is 1. The predicted molar refractivity (Wildman–Crippen MR) is 76.0 cm³/mol. The molecule has 0 saturated carbocycles. The Bertz CT molecular complexity index is 596. The first-order chi connectivity index (χ1) is 9.54. The molecule has 0 atom stereocenters. The highest BCUT2D eigenvalue weighted by Gasteiger charge is 2.07. The summed E-state index contributed by atoms with van der Waals surface area (Å²) in [5, 5.41) is 2.77. The van der Waals surface area contributed by atoms with Crippen LogP contribution in [0, 0.1) is 5.95 Å². The van der Waals surface area contributed by atoms with Crippen molar-refractivity contribution in [2.45, 2.75) is 6.54 Å². The molecule has 1 heterocycles. The van der Waals surface area contributed by atoms with Crippen LogP contribution in [0.25, 0.3) is 0 Å². The summed E-state index contributed by atoms with van der Waals surface area (Å²) in [5.41, 5.74) is 2.13. The molecular weight excluding hydrogens is 257 g/mol. The van der Waals surface area contributed by atoms with Gasteiger partial charge in [0.15, 0.2) is 0 Å². The van der Waals surface area contributed by atoms with Gasteiger partial charge in [-0.25, -0.2) is 4.98 Å². The van der Waals surface area contributed by atoms with Gasteiger partial charge in [-0.1, -0.05) is 12.1 Å².